The Labute approximate surface area is 116 Å². The van der Waals surface area contributed by atoms with E-state index in [1.165, 1.54) is 38.5 Å². The Hall–Kier alpha value is -0.260. The first-order valence-electron chi connectivity index (χ1n) is 8.21. The summed E-state index contributed by atoms with van der Waals surface area (Å²) in [5.41, 5.74) is 0. The van der Waals surface area contributed by atoms with Gasteiger partial charge in [0, 0.05) is 0 Å². The van der Waals surface area contributed by atoms with Crippen LogP contribution in [-0.4, -0.2) is 0 Å². The molecular weight excluding hydrogens is 216 g/mol. The van der Waals surface area contributed by atoms with Crippen molar-refractivity contribution in [3.63, 3.8) is 0 Å². The maximum absolute atomic E-state index is 2.51. The van der Waals surface area contributed by atoms with Crippen molar-refractivity contribution in [2.24, 2.45) is 23.7 Å². The Morgan fingerprint density at radius 3 is 1.83 bits per heavy atom. The molecule has 0 N–H and O–H groups in total. The van der Waals surface area contributed by atoms with Crippen LogP contribution in [0, 0.1) is 23.7 Å². The predicted octanol–water partition coefficient (Wildman–Crippen LogP) is 6.47. The van der Waals surface area contributed by atoms with E-state index in [0.717, 1.165) is 23.7 Å². The van der Waals surface area contributed by atoms with Crippen molar-refractivity contribution >= 4 is 0 Å². The average molecular weight is 252 g/mol. The molecule has 0 fully saturated rings. The molecule has 3 unspecified atom stereocenters. The fourth-order valence-electron chi connectivity index (χ4n) is 2.39. The second kappa shape index (κ2) is 10.6. The van der Waals surface area contributed by atoms with Crippen LogP contribution in [0.2, 0.25) is 0 Å². The summed E-state index contributed by atoms with van der Waals surface area (Å²) in [6.45, 7) is 14.1. The Bertz CT molecular complexity index is 202. The van der Waals surface area contributed by atoms with E-state index in [2.05, 4.69) is 53.7 Å². The molecule has 0 radical (unpaired) electrons. The monoisotopic (exact) mass is 252 g/mol. The summed E-state index contributed by atoms with van der Waals surface area (Å²) in [6, 6.07) is 0. The van der Waals surface area contributed by atoms with Crippen LogP contribution < -0.4 is 0 Å². The zero-order valence-corrected chi connectivity index (χ0v) is 13.7. The predicted molar refractivity (Wildman–Crippen MR) is 84.8 cm³/mol. The fraction of sp³-hybridized carbons (Fsp3) is 0.889. The van der Waals surface area contributed by atoms with Gasteiger partial charge in [0.1, 0.15) is 0 Å². The Balaban J connectivity index is 4.20. The Morgan fingerprint density at radius 1 is 0.778 bits per heavy atom. The highest BCUT2D eigenvalue weighted by molar-refractivity contribution is 4.94. The van der Waals surface area contributed by atoms with Crippen molar-refractivity contribution in [2.75, 3.05) is 0 Å². The van der Waals surface area contributed by atoms with Crippen molar-refractivity contribution in [1.29, 1.82) is 0 Å². The van der Waals surface area contributed by atoms with E-state index < -0.39 is 0 Å². The highest BCUT2D eigenvalue weighted by atomic mass is 14.2. The summed E-state index contributed by atoms with van der Waals surface area (Å²) in [6.07, 6.45) is 13.1. The van der Waals surface area contributed by atoms with Gasteiger partial charge in [-0.3, -0.25) is 0 Å². The van der Waals surface area contributed by atoms with Crippen molar-refractivity contribution in [2.45, 2.75) is 80.1 Å². The second-order valence-corrected chi connectivity index (χ2v) is 6.41. The van der Waals surface area contributed by atoms with Crippen LogP contribution >= 0.6 is 0 Å². The number of unbranched alkanes of at least 4 members (excludes halogenated alkanes) is 2. The molecule has 0 saturated heterocycles. The molecule has 0 aromatic rings. The van der Waals surface area contributed by atoms with Gasteiger partial charge in [0.05, 0.1) is 0 Å². The lowest BCUT2D eigenvalue weighted by Gasteiger charge is -2.20. The minimum Gasteiger partial charge on any atom is -0.0851 e. The molecule has 0 nitrogen and oxygen atoms in total. The summed E-state index contributed by atoms with van der Waals surface area (Å²) in [7, 11) is 0. The number of allylic oxidation sites excluding steroid dienone is 2. The first-order chi connectivity index (χ1) is 8.52. The molecule has 18 heavy (non-hydrogen) atoms. The molecule has 3 atom stereocenters. The minimum atomic E-state index is 0.736. The summed E-state index contributed by atoms with van der Waals surface area (Å²) >= 11 is 0. The molecule has 0 aromatic heterocycles. The van der Waals surface area contributed by atoms with Crippen molar-refractivity contribution < 1.29 is 0 Å². The maximum atomic E-state index is 2.51. The molecule has 0 heterocycles. The lowest BCUT2D eigenvalue weighted by molar-refractivity contribution is 0.397. The maximum Gasteiger partial charge on any atom is -0.0210 e. The SMILES string of the molecule is CCCCC(C)C(C)C=CC(CCCC)C(C)C. The topological polar surface area (TPSA) is 0 Å². The van der Waals surface area contributed by atoms with Crippen LogP contribution in [0.5, 0.6) is 0 Å². The van der Waals surface area contributed by atoms with Crippen LogP contribution in [0.25, 0.3) is 0 Å². The van der Waals surface area contributed by atoms with Gasteiger partial charge in [-0.25, -0.2) is 0 Å². The molecule has 0 saturated carbocycles. The third-order valence-electron chi connectivity index (χ3n) is 4.32. The third kappa shape index (κ3) is 7.95. The average Bonchev–Trinajstić information content (AvgIpc) is 2.35. The van der Waals surface area contributed by atoms with E-state index in [4.69, 9.17) is 0 Å². The van der Waals surface area contributed by atoms with Gasteiger partial charge >= 0.3 is 0 Å². The van der Waals surface area contributed by atoms with Crippen LogP contribution in [0.4, 0.5) is 0 Å². The van der Waals surface area contributed by atoms with Gasteiger partial charge in [-0.15, -0.1) is 0 Å². The van der Waals surface area contributed by atoms with E-state index in [1.54, 1.807) is 0 Å². The molecular formula is C18H36. The summed E-state index contributed by atoms with van der Waals surface area (Å²) in [5.74, 6) is 3.14. The van der Waals surface area contributed by atoms with Gasteiger partial charge < -0.3 is 0 Å². The van der Waals surface area contributed by atoms with Crippen LogP contribution in [-0.2, 0) is 0 Å². The summed E-state index contributed by atoms with van der Waals surface area (Å²) in [4.78, 5) is 0. The summed E-state index contributed by atoms with van der Waals surface area (Å²) in [5, 5.41) is 0. The Morgan fingerprint density at radius 2 is 1.33 bits per heavy atom. The van der Waals surface area contributed by atoms with E-state index in [0.29, 0.717) is 0 Å². The zero-order chi connectivity index (χ0) is 14.0. The number of hydrogen-bond acceptors (Lipinski definition) is 0. The quantitative estimate of drug-likeness (QED) is 0.391. The van der Waals surface area contributed by atoms with Gasteiger partial charge in [-0.05, 0) is 30.1 Å². The Kier molecular flexibility index (Phi) is 10.5. The molecule has 0 aromatic carbocycles. The smallest absolute Gasteiger partial charge is 0.0210 e. The van der Waals surface area contributed by atoms with Gasteiger partial charge in [0.25, 0.3) is 0 Å². The van der Waals surface area contributed by atoms with Crippen molar-refractivity contribution in [3.8, 4) is 0 Å². The lowest BCUT2D eigenvalue weighted by atomic mass is 9.86. The first-order valence-corrected chi connectivity index (χ1v) is 8.21. The highest BCUT2D eigenvalue weighted by Gasteiger charge is 2.12. The molecule has 0 aliphatic heterocycles. The molecule has 0 rings (SSSR count). The standard InChI is InChI=1S/C18H36/c1-7-9-11-16(5)17(6)13-14-18(15(3)4)12-10-8-2/h13-18H,7-12H2,1-6H3. The van der Waals surface area contributed by atoms with Crippen LogP contribution in [0.1, 0.15) is 80.1 Å². The minimum absolute atomic E-state index is 0.736. The lowest BCUT2D eigenvalue weighted by Crippen LogP contribution is -2.09. The van der Waals surface area contributed by atoms with E-state index in [-0.39, 0.29) is 0 Å². The zero-order valence-electron chi connectivity index (χ0n) is 13.7. The molecule has 0 aliphatic rings. The summed E-state index contributed by atoms with van der Waals surface area (Å²) < 4.78 is 0. The largest absolute Gasteiger partial charge is 0.0851 e. The molecule has 0 spiro atoms. The molecule has 0 amide bonds. The van der Waals surface area contributed by atoms with Crippen LogP contribution in [0.15, 0.2) is 12.2 Å². The van der Waals surface area contributed by atoms with Crippen LogP contribution in [0.3, 0.4) is 0 Å². The van der Waals surface area contributed by atoms with Gasteiger partial charge in [0.2, 0.25) is 0 Å². The van der Waals surface area contributed by atoms with E-state index in [1.807, 2.05) is 0 Å². The highest BCUT2D eigenvalue weighted by Crippen LogP contribution is 2.23. The fourth-order valence-corrected chi connectivity index (χ4v) is 2.39. The number of hydrogen-bond donors (Lipinski definition) is 0. The number of rotatable bonds is 10. The second-order valence-electron chi connectivity index (χ2n) is 6.41. The van der Waals surface area contributed by atoms with E-state index >= 15 is 0 Å². The van der Waals surface area contributed by atoms with Gasteiger partial charge in [-0.1, -0.05) is 85.8 Å². The molecule has 0 heteroatoms. The molecule has 0 aliphatic carbocycles. The van der Waals surface area contributed by atoms with Crippen molar-refractivity contribution in [3.05, 3.63) is 12.2 Å². The third-order valence-corrected chi connectivity index (χ3v) is 4.32. The van der Waals surface area contributed by atoms with Crippen molar-refractivity contribution in [1.82, 2.24) is 0 Å². The molecule has 108 valence electrons. The molecule has 0 bridgehead atoms. The van der Waals surface area contributed by atoms with E-state index in [9.17, 15) is 0 Å². The first kappa shape index (κ1) is 17.7. The van der Waals surface area contributed by atoms with Gasteiger partial charge in [-0.2, -0.15) is 0 Å². The van der Waals surface area contributed by atoms with Gasteiger partial charge in [0.15, 0.2) is 0 Å². The normalized spacial score (nSPS) is 17.3.